The zero-order valence-corrected chi connectivity index (χ0v) is 11.3. The molecular formula is C13H17ClN2O3. The monoisotopic (exact) mass is 284 g/mol. The summed E-state index contributed by atoms with van der Waals surface area (Å²) in [7, 11) is 0. The van der Waals surface area contributed by atoms with Gasteiger partial charge >= 0.3 is 5.69 Å². The third kappa shape index (κ3) is 2.98. The molecule has 5 nitrogen and oxygen atoms in total. The van der Waals surface area contributed by atoms with E-state index >= 15 is 0 Å². The van der Waals surface area contributed by atoms with Gasteiger partial charge in [-0.1, -0.05) is 30.5 Å². The lowest BCUT2D eigenvalue weighted by atomic mass is 9.87. The quantitative estimate of drug-likeness (QED) is 0.643. The van der Waals surface area contributed by atoms with E-state index in [9.17, 15) is 15.2 Å². The van der Waals surface area contributed by atoms with Gasteiger partial charge in [-0.25, -0.2) is 0 Å². The van der Waals surface area contributed by atoms with Gasteiger partial charge in [-0.05, 0) is 25.0 Å². The van der Waals surface area contributed by atoms with E-state index in [4.69, 9.17) is 11.6 Å². The molecule has 1 aromatic carbocycles. The number of hydrogen-bond donors (Lipinski definition) is 2. The Balaban J connectivity index is 2.15. The van der Waals surface area contributed by atoms with Crippen LogP contribution in [0.4, 0.5) is 11.4 Å². The van der Waals surface area contributed by atoms with Crippen LogP contribution in [0.5, 0.6) is 0 Å². The Morgan fingerprint density at radius 1 is 1.42 bits per heavy atom. The minimum Gasteiger partial charge on any atom is -0.396 e. The predicted molar refractivity (Wildman–Crippen MR) is 74.6 cm³/mol. The summed E-state index contributed by atoms with van der Waals surface area (Å²) < 4.78 is 0. The topological polar surface area (TPSA) is 75.4 Å². The number of rotatable bonds is 5. The van der Waals surface area contributed by atoms with Crippen LogP contribution in [0.1, 0.15) is 25.7 Å². The van der Waals surface area contributed by atoms with Gasteiger partial charge in [-0.2, -0.15) is 0 Å². The van der Waals surface area contributed by atoms with Crippen LogP contribution in [0.15, 0.2) is 18.2 Å². The Morgan fingerprint density at radius 3 is 2.68 bits per heavy atom. The highest BCUT2D eigenvalue weighted by Gasteiger charge is 2.33. The van der Waals surface area contributed by atoms with E-state index in [2.05, 4.69) is 5.32 Å². The smallest absolute Gasteiger partial charge is 0.310 e. The second kappa shape index (κ2) is 5.75. The molecule has 1 aliphatic rings. The Bertz CT molecular complexity index is 473. The van der Waals surface area contributed by atoms with Crippen molar-refractivity contribution < 1.29 is 10.0 Å². The van der Waals surface area contributed by atoms with Crippen molar-refractivity contribution in [3.63, 3.8) is 0 Å². The Morgan fingerprint density at radius 2 is 2.11 bits per heavy atom. The van der Waals surface area contributed by atoms with Gasteiger partial charge in [0.25, 0.3) is 0 Å². The molecule has 1 aromatic rings. The SMILES string of the molecule is O=[N+]([O-])c1c(Cl)cccc1NCC1(CO)CCCC1. The predicted octanol–water partition coefficient (Wildman–Crippen LogP) is 3.21. The largest absolute Gasteiger partial charge is 0.396 e. The van der Waals surface area contributed by atoms with Crippen LogP contribution in [0.3, 0.4) is 0 Å². The fourth-order valence-corrected chi connectivity index (χ4v) is 2.89. The van der Waals surface area contributed by atoms with Crippen LogP contribution in [-0.2, 0) is 0 Å². The van der Waals surface area contributed by atoms with Gasteiger partial charge in [-0.3, -0.25) is 10.1 Å². The van der Waals surface area contributed by atoms with Crippen LogP contribution in [0.2, 0.25) is 5.02 Å². The van der Waals surface area contributed by atoms with Crippen molar-refractivity contribution in [1.29, 1.82) is 0 Å². The molecule has 1 saturated carbocycles. The third-order valence-electron chi connectivity index (χ3n) is 3.82. The van der Waals surface area contributed by atoms with Crippen LogP contribution in [-0.4, -0.2) is 23.2 Å². The number of nitrogens with one attached hydrogen (secondary N) is 1. The lowest BCUT2D eigenvalue weighted by Gasteiger charge is -2.27. The molecule has 1 fully saturated rings. The van der Waals surface area contributed by atoms with Crippen molar-refractivity contribution in [3.05, 3.63) is 33.3 Å². The highest BCUT2D eigenvalue weighted by Crippen LogP contribution is 2.39. The maximum absolute atomic E-state index is 11.0. The summed E-state index contributed by atoms with van der Waals surface area (Å²) in [6.45, 7) is 0.638. The lowest BCUT2D eigenvalue weighted by Crippen LogP contribution is -2.30. The van der Waals surface area contributed by atoms with Crippen molar-refractivity contribution in [3.8, 4) is 0 Å². The minimum atomic E-state index is -0.481. The van der Waals surface area contributed by atoms with E-state index in [0.29, 0.717) is 12.2 Å². The molecule has 1 aliphatic carbocycles. The number of nitro groups is 1. The van der Waals surface area contributed by atoms with Gasteiger partial charge in [0.2, 0.25) is 0 Å². The fraction of sp³-hybridized carbons (Fsp3) is 0.538. The number of aliphatic hydroxyl groups is 1. The first-order valence-electron chi connectivity index (χ1n) is 6.36. The summed E-state index contributed by atoms with van der Waals surface area (Å²) in [4.78, 5) is 10.5. The zero-order chi connectivity index (χ0) is 13.9. The van der Waals surface area contributed by atoms with Gasteiger partial charge < -0.3 is 10.4 Å². The number of nitrogens with zero attached hydrogens (tertiary/aromatic N) is 1. The van der Waals surface area contributed by atoms with E-state index in [1.807, 2.05) is 0 Å². The molecule has 0 unspecified atom stereocenters. The van der Waals surface area contributed by atoms with E-state index in [-0.39, 0.29) is 22.7 Å². The number of anilines is 1. The third-order valence-corrected chi connectivity index (χ3v) is 4.13. The van der Waals surface area contributed by atoms with Crippen molar-refractivity contribution in [2.45, 2.75) is 25.7 Å². The minimum absolute atomic E-state index is 0.102. The summed E-state index contributed by atoms with van der Waals surface area (Å²) in [5, 5.41) is 23.8. The zero-order valence-electron chi connectivity index (χ0n) is 10.6. The first kappa shape index (κ1) is 14.1. The molecule has 0 aromatic heterocycles. The standard InChI is InChI=1S/C13H17ClN2O3/c14-10-4-3-5-11(12(10)16(18)19)15-8-13(9-17)6-1-2-7-13/h3-5,15,17H,1-2,6-9H2. The van der Waals surface area contributed by atoms with Crippen molar-refractivity contribution in [1.82, 2.24) is 0 Å². The van der Waals surface area contributed by atoms with E-state index < -0.39 is 4.92 Å². The van der Waals surface area contributed by atoms with E-state index in [0.717, 1.165) is 25.7 Å². The lowest BCUT2D eigenvalue weighted by molar-refractivity contribution is -0.383. The fourth-order valence-electron chi connectivity index (χ4n) is 2.64. The Kier molecular flexibility index (Phi) is 4.27. The summed E-state index contributed by atoms with van der Waals surface area (Å²) in [6, 6.07) is 4.82. The normalized spacial score (nSPS) is 17.4. The highest BCUT2D eigenvalue weighted by atomic mass is 35.5. The molecule has 104 valence electrons. The maximum atomic E-state index is 11.0. The van der Waals surface area contributed by atoms with Crippen molar-refractivity contribution in [2.24, 2.45) is 5.41 Å². The first-order valence-corrected chi connectivity index (χ1v) is 6.73. The second-order valence-electron chi connectivity index (χ2n) is 5.11. The van der Waals surface area contributed by atoms with Gasteiger partial charge in [0.05, 0.1) is 11.5 Å². The van der Waals surface area contributed by atoms with E-state index in [1.54, 1.807) is 12.1 Å². The number of benzene rings is 1. The molecular weight excluding hydrogens is 268 g/mol. The van der Waals surface area contributed by atoms with Gasteiger partial charge in [0.15, 0.2) is 0 Å². The molecule has 0 heterocycles. The van der Waals surface area contributed by atoms with E-state index in [1.165, 1.54) is 6.07 Å². The Hall–Kier alpha value is -1.33. The molecule has 0 radical (unpaired) electrons. The van der Waals surface area contributed by atoms with Crippen molar-refractivity contribution in [2.75, 3.05) is 18.5 Å². The Labute approximate surface area is 116 Å². The molecule has 19 heavy (non-hydrogen) atoms. The summed E-state index contributed by atoms with van der Waals surface area (Å²) in [5.41, 5.74) is 0.156. The summed E-state index contributed by atoms with van der Waals surface area (Å²) in [6.07, 6.45) is 4.09. The maximum Gasteiger partial charge on any atom is 0.310 e. The van der Waals surface area contributed by atoms with Crippen LogP contribution >= 0.6 is 11.6 Å². The molecule has 2 N–H and O–H groups in total. The average molecular weight is 285 g/mol. The summed E-state index contributed by atoms with van der Waals surface area (Å²) in [5.74, 6) is 0. The molecule has 0 aliphatic heterocycles. The van der Waals surface area contributed by atoms with Gasteiger partial charge in [0, 0.05) is 12.0 Å². The van der Waals surface area contributed by atoms with Crippen LogP contribution < -0.4 is 5.32 Å². The number of aliphatic hydroxyl groups excluding tert-OH is 1. The number of halogens is 1. The number of nitro benzene ring substituents is 1. The summed E-state index contributed by atoms with van der Waals surface area (Å²) >= 11 is 5.86. The van der Waals surface area contributed by atoms with Crippen LogP contribution in [0.25, 0.3) is 0 Å². The second-order valence-corrected chi connectivity index (χ2v) is 5.52. The van der Waals surface area contributed by atoms with Gasteiger partial charge in [-0.15, -0.1) is 0 Å². The molecule has 0 saturated heterocycles. The molecule has 0 atom stereocenters. The molecule has 2 rings (SSSR count). The van der Waals surface area contributed by atoms with Crippen LogP contribution in [0, 0.1) is 15.5 Å². The molecule has 6 heteroatoms. The average Bonchev–Trinajstić information content (AvgIpc) is 2.85. The highest BCUT2D eigenvalue weighted by molar-refractivity contribution is 6.33. The number of para-hydroxylation sites is 1. The number of hydrogen-bond acceptors (Lipinski definition) is 4. The first-order chi connectivity index (χ1) is 9.08. The molecule has 0 bridgehead atoms. The molecule has 0 amide bonds. The van der Waals surface area contributed by atoms with Gasteiger partial charge in [0.1, 0.15) is 10.7 Å². The van der Waals surface area contributed by atoms with Crippen molar-refractivity contribution >= 4 is 23.0 Å². The molecule has 0 spiro atoms.